The number of benzene rings is 1. The summed E-state index contributed by atoms with van der Waals surface area (Å²) in [6.07, 6.45) is 3.49. The minimum atomic E-state index is 0. The van der Waals surface area contributed by atoms with Crippen LogP contribution in [-0.4, -0.2) is 64.4 Å². The van der Waals surface area contributed by atoms with Gasteiger partial charge in [0.2, 0.25) is 0 Å². The highest BCUT2D eigenvalue weighted by Crippen LogP contribution is 2.31. The molecule has 0 aliphatic carbocycles. The first-order valence-electron chi connectivity index (χ1n) is 9.69. The van der Waals surface area contributed by atoms with Crippen LogP contribution in [-0.2, 0) is 4.74 Å². The minimum Gasteiger partial charge on any atom is -0.496 e. The number of para-hydroxylation sites is 1. The first-order valence-corrected chi connectivity index (χ1v) is 9.69. The predicted octanol–water partition coefficient (Wildman–Crippen LogP) is 3.04. The zero-order valence-corrected chi connectivity index (χ0v) is 19.2. The van der Waals surface area contributed by atoms with Gasteiger partial charge in [-0.25, -0.2) is 0 Å². The van der Waals surface area contributed by atoms with Crippen LogP contribution in [0.5, 0.6) is 5.75 Å². The lowest BCUT2D eigenvalue weighted by molar-refractivity contribution is 0.145. The highest BCUT2D eigenvalue weighted by molar-refractivity contribution is 14.0. The number of hydrogen-bond acceptors (Lipinski definition) is 4. The molecule has 0 spiro atoms. The second-order valence-electron chi connectivity index (χ2n) is 6.43. The fourth-order valence-corrected chi connectivity index (χ4v) is 3.37. The van der Waals surface area contributed by atoms with Crippen molar-refractivity contribution in [1.29, 1.82) is 0 Å². The van der Waals surface area contributed by atoms with Crippen LogP contribution in [0, 0.1) is 0 Å². The van der Waals surface area contributed by atoms with Crippen LogP contribution in [0.4, 0.5) is 0 Å². The third-order valence-electron chi connectivity index (χ3n) is 4.73. The Morgan fingerprint density at radius 2 is 1.96 bits per heavy atom. The molecule has 1 aromatic rings. The van der Waals surface area contributed by atoms with Crippen molar-refractivity contribution in [1.82, 2.24) is 15.5 Å². The summed E-state index contributed by atoms with van der Waals surface area (Å²) in [6, 6.07) is 8.59. The Balaban J connectivity index is 0.00000364. The van der Waals surface area contributed by atoms with Gasteiger partial charge in [0.1, 0.15) is 5.75 Å². The van der Waals surface area contributed by atoms with Crippen molar-refractivity contribution in [2.75, 3.05) is 53.6 Å². The molecule has 7 heteroatoms. The van der Waals surface area contributed by atoms with E-state index in [-0.39, 0.29) is 30.0 Å². The molecule has 2 rings (SSSR count). The standard InChI is InChI=1S/C20H34N4O2.HI/c1-4-26-15-9-12-22-20(21-2)23-16-18(24-13-7-8-14-24)17-10-5-6-11-19(17)25-3;/h5-6,10-11,18H,4,7-9,12-16H2,1-3H3,(H2,21,22,23);1H. The van der Waals surface area contributed by atoms with Crippen molar-refractivity contribution in [2.45, 2.75) is 32.2 Å². The molecule has 2 N–H and O–H groups in total. The van der Waals surface area contributed by atoms with E-state index < -0.39 is 0 Å². The smallest absolute Gasteiger partial charge is 0.191 e. The number of guanidine groups is 1. The van der Waals surface area contributed by atoms with E-state index in [1.54, 1.807) is 7.11 Å². The topological polar surface area (TPSA) is 58.1 Å². The SMILES string of the molecule is CCOCCCNC(=NC)NCC(c1ccccc1OC)N1CCCC1.I. The third-order valence-corrected chi connectivity index (χ3v) is 4.73. The van der Waals surface area contributed by atoms with E-state index in [1.807, 2.05) is 26.1 Å². The summed E-state index contributed by atoms with van der Waals surface area (Å²) in [6.45, 7) is 7.47. The van der Waals surface area contributed by atoms with Crippen LogP contribution in [0.25, 0.3) is 0 Å². The molecule has 0 bridgehead atoms. The Hall–Kier alpha value is -1.06. The molecule has 1 aliphatic heterocycles. The second kappa shape index (κ2) is 14.0. The highest BCUT2D eigenvalue weighted by atomic mass is 127. The maximum absolute atomic E-state index is 5.61. The molecule has 1 heterocycles. The average Bonchev–Trinajstić information content (AvgIpc) is 3.21. The van der Waals surface area contributed by atoms with Gasteiger partial charge < -0.3 is 20.1 Å². The van der Waals surface area contributed by atoms with Crippen molar-refractivity contribution in [3.63, 3.8) is 0 Å². The molecule has 1 unspecified atom stereocenters. The Bertz CT molecular complexity index is 551. The van der Waals surface area contributed by atoms with Gasteiger partial charge in [-0.15, -0.1) is 24.0 Å². The van der Waals surface area contributed by atoms with Gasteiger partial charge in [-0.1, -0.05) is 18.2 Å². The summed E-state index contributed by atoms with van der Waals surface area (Å²) in [5, 5.41) is 6.85. The summed E-state index contributed by atoms with van der Waals surface area (Å²) < 4.78 is 11.0. The molecular formula is C20H35IN4O2. The number of ether oxygens (including phenoxy) is 2. The van der Waals surface area contributed by atoms with E-state index in [2.05, 4.69) is 32.7 Å². The van der Waals surface area contributed by atoms with E-state index in [9.17, 15) is 0 Å². The molecule has 1 aliphatic rings. The molecule has 0 saturated carbocycles. The monoisotopic (exact) mass is 490 g/mol. The summed E-state index contributed by atoms with van der Waals surface area (Å²) >= 11 is 0. The lowest BCUT2D eigenvalue weighted by atomic mass is 10.0. The molecular weight excluding hydrogens is 455 g/mol. The fourth-order valence-electron chi connectivity index (χ4n) is 3.37. The maximum Gasteiger partial charge on any atom is 0.191 e. The number of nitrogens with one attached hydrogen (secondary N) is 2. The number of halogens is 1. The number of nitrogens with zero attached hydrogens (tertiary/aromatic N) is 2. The molecule has 1 atom stereocenters. The quantitative estimate of drug-likeness (QED) is 0.229. The minimum absolute atomic E-state index is 0. The predicted molar refractivity (Wildman–Crippen MR) is 122 cm³/mol. The van der Waals surface area contributed by atoms with Gasteiger partial charge in [0, 0.05) is 38.9 Å². The Morgan fingerprint density at radius 1 is 1.22 bits per heavy atom. The number of hydrogen-bond donors (Lipinski definition) is 2. The van der Waals surface area contributed by atoms with E-state index in [0.29, 0.717) is 0 Å². The molecule has 27 heavy (non-hydrogen) atoms. The molecule has 1 fully saturated rings. The van der Waals surface area contributed by atoms with Crippen LogP contribution < -0.4 is 15.4 Å². The molecule has 0 radical (unpaired) electrons. The number of methoxy groups -OCH3 is 1. The molecule has 6 nitrogen and oxygen atoms in total. The van der Waals surface area contributed by atoms with Crippen LogP contribution in [0.3, 0.4) is 0 Å². The lowest BCUT2D eigenvalue weighted by Crippen LogP contribution is -2.43. The first-order chi connectivity index (χ1) is 12.8. The summed E-state index contributed by atoms with van der Waals surface area (Å²) in [4.78, 5) is 6.88. The normalized spacial score (nSPS) is 15.9. The van der Waals surface area contributed by atoms with E-state index in [0.717, 1.165) is 57.5 Å². The van der Waals surface area contributed by atoms with Crippen LogP contribution in [0.2, 0.25) is 0 Å². The lowest BCUT2D eigenvalue weighted by Gasteiger charge is -2.30. The van der Waals surface area contributed by atoms with Gasteiger partial charge in [0.05, 0.1) is 13.2 Å². The van der Waals surface area contributed by atoms with Crippen molar-refractivity contribution >= 4 is 29.9 Å². The molecule has 1 saturated heterocycles. The van der Waals surface area contributed by atoms with Crippen molar-refractivity contribution in [2.24, 2.45) is 4.99 Å². The number of rotatable bonds is 10. The van der Waals surface area contributed by atoms with E-state index >= 15 is 0 Å². The Morgan fingerprint density at radius 3 is 2.63 bits per heavy atom. The molecule has 0 amide bonds. The van der Waals surface area contributed by atoms with Crippen molar-refractivity contribution < 1.29 is 9.47 Å². The van der Waals surface area contributed by atoms with Crippen LogP contribution >= 0.6 is 24.0 Å². The maximum atomic E-state index is 5.61. The second-order valence-corrected chi connectivity index (χ2v) is 6.43. The Kier molecular flexibility index (Phi) is 12.4. The van der Waals surface area contributed by atoms with Crippen molar-refractivity contribution in [3.8, 4) is 5.75 Å². The highest BCUT2D eigenvalue weighted by Gasteiger charge is 2.25. The summed E-state index contributed by atoms with van der Waals surface area (Å²) in [5.41, 5.74) is 1.23. The first kappa shape index (κ1) is 24.0. The van der Waals surface area contributed by atoms with E-state index in [4.69, 9.17) is 9.47 Å². The number of likely N-dealkylation sites (tertiary alicyclic amines) is 1. The zero-order valence-electron chi connectivity index (χ0n) is 16.9. The van der Waals surface area contributed by atoms with Gasteiger partial charge in [-0.2, -0.15) is 0 Å². The van der Waals surface area contributed by atoms with Gasteiger partial charge in [-0.3, -0.25) is 9.89 Å². The molecule has 154 valence electrons. The Labute approximate surface area is 181 Å². The summed E-state index contributed by atoms with van der Waals surface area (Å²) in [5.74, 6) is 1.78. The van der Waals surface area contributed by atoms with Gasteiger partial charge in [-0.05, 0) is 45.3 Å². The zero-order chi connectivity index (χ0) is 18.6. The van der Waals surface area contributed by atoms with Gasteiger partial charge >= 0.3 is 0 Å². The fraction of sp³-hybridized carbons (Fsp3) is 0.650. The van der Waals surface area contributed by atoms with E-state index in [1.165, 1.54) is 18.4 Å². The molecule has 1 aromatic carbocycles. The average molecular weight is 490 g/mol. The van der Waals surface area contributed by atoms with Gasteiger partial charge in [0.15, 0.2) is 5.96 Å². The van der Waals surface area contributed by atoms with Crippen LogP contribution in [0.1, 0.15) is 37.8 Å². The molecule has 0 aromatic heterocycles. The largest absolute Gasteiger partial charge is 0.496 e. The number of aliphatic imine (C=N–C) groups is 1. The third kappa shape index (κ3) is 7.83. The van der Waals surface area contributed by atoms with Crippen LogP contribution in [0.15, 0.2) is 29.3 Å². The summed E-state index contributed by atoms with van der Waals surface area (Å²) in [7, 11) is 3.55. The van der Waals surface area contributed by atoms with Crippen molar-refractivity contribution in [3.05, 3.63) is 29.8 Å². The van der Waals surface area contributed by atoms with Gasteiger partial charge in [0.25, 0.3) is 0 Å².